The van der Waals surface area contributed by atoms with Crippen molar-refractivity contribution in [1.82, 2.24) is 4.90 Å². The summed E-state index contributed by atoms with van der Waals surface area (Å²) in [6.07, 6.45) is -2.24. The van der Waals surface area contributed by atoms with Crippen LogP contribution in [0.15, 0.2) is 24.3 Å². The Bertz CT molecular complexity index is 457. The first-order valence-corrected chi connectivity index (χ1v) is 7.09. The van der Waals surface area contributed by atoms with Gasteiger partial charge in [0.2, 0.25) is 0 Å². The van der Waals surface area contributed by atoms with E-state index in [1.807, 2.05) is 14.0 Å². The molecule has 2 N–H and O–H groups in total. The van der Waals surface area contributed by atoms with Gasteiger partial charge < -0.3 is 10.5 Å². The molecule has 0 aromatic heterocycles. The van der Waals surface area contributed by atoms with E-state index in [-0.39, 0.29) is 11.8 Å². The fraction of sp³-hybridized carbons (Fsp3) is 0.600. The fourth-order valence-corrected chi connectivity index (χ4v) is 2.64. The smallest absolute Gasteiger partial charge is 0.406 e. The lowest BCUT2D eigenvalue weighted by Crippen LogP contribution is -2.41. The number of hydrogen-bond acceptors (Lipinski definition) is 3. The molecule has 2 rings (SSSR count). The van der Waals surface area contributed by atoms with Gasteiger partial charge in [0.1, 0.15) is 5.75 Å². The zero-order chi connectivity index (χ0) is 15.6. The van der Waals surface area contributed by atoms with Gasteiger partial charge in [0.05, 0.1) is 0 Å². The summed E-state index contributed by atoms with van der Waals surface area (Å²) in [5.41, 5.74) is 6.79. The van der Waals surface area contributed by atoms with Crippen molar-refractivity contribution in [3.63, 3.8) is 0 Å². The number of ether oxygens (including phenoxy) is 1. The SMILES string of the molecule is CC(c1ccc(OC(F)(F)F)cc1)N(C)C(CN)C1CC1. The summed E-state index contributed by atoms with van der Waals surface area (Å²) >= 11 is 0. The third-order valence-corrected chi connectivity index (χ3v) is 4.14. The van der Waals surface area contributed by atoms with Gasteiger partial charge in [-0.3, -0.25) is 4.90 Å². The highest BCUT2D eigenvalue weighted by Gasteiger charge is 2.35. The molecule has 0 amide bonds. The molecule has 2 unspecified atom stereocenters. The fourth-order valence-electron chi connectivity index (χ4n) is 2.64. The largest absolute Gasteiger partial charge is 0.573 e. The molecule has 0 spiro atoms. The number of hydrogen-bond donors (Lipinski definition) is 1. The Kier molecular flexibility index (Phi) is 4.78. The molecule has 2 atom stereocenters. The van der Waals surface area contributed by atoms with Crippen molar-refractivity contribution in [2.24, 2.45) is 11.7 Å². The van der Waals surface area contributed by atoms with Gasteiger partial charge in [0, 0.05) is 18.6 Å². The first-order chi connectivity index (χ1) is 9.81. The highest BCUT2D eigenvalue weighted by Crippen LogP contribution is 2.37. The summed E-state index contributed by atoms with van der Waals surface area (Å²) in [5.74, 6) is 0.453. The van der Waals surface area contributed by atoms with E-state index in [4.69, 9.17) is 5.73 Å². The topological polar surface area (TPSA) is 38.5 Å². The molecule has 1 aromatic rings. The van der Waals surface area contributed by atoms with Gasteiger partial charge >= 0.3 is 6.36 Å². The van der Waals surface area contributed by atoms with Gasteiger partial charge in [-0.2, -0.15) is 0 Å². The standard InChI is InChI=1S/C15H21F3N2O/c1-10(20(2)14(9-19)12-3-4-12)11-5-7-13(8-6-11)21-15(16,17)18/h5-8,10,12,14H,3-4,9,19H2,1-2H3. The van der Waals surface area contributed by atoms with Crippen LogP contribution in [0.4, 0.5) is 13.2 Å². The molecule has 1 fully saturated rings. The van der Waals surface area contributed by atoms with E-state index in [9.17, 15) is 13.2 Å². The molecule has 0 aliphatic heterocycles. The maximum Gasteiger partial charge on any atom is 0.573 e. The van der Waals surface area contributed by atoms with Gasteiger partial charge in [-0.05, 0) is 50.4 Å². The van der Waals surface area contributed by atoms with Crippen LogP contribution in [0, 0.1) is 5.92 Å². The van der Waals surface area contributed by atoms with Crippen LogP contribution >= 0.6 is 0 Å². The Balaban J connectivity index is 2.03. The van der Waals surface area contributed by atoms with E-state index in [1.54, 1.807) is 12.1 Å². The lowest BCUT2D eigenvalue weighted by molar-refractivity contribution is -0.274. The quantitative estimate of drug-likeness (QED) is 0.876. The molecule has 0 radical (unpaired) electrons. The van der Waals surface area contributed by atoms with Gasteiger partial charge in [-0.15, -0.1) is 13.2 Å². The number of rotatable bonds is 6. The summed E-state index contributed by atoms with van der Waals surface area (Å²) in [5, 5.41) is 0. The van der Waals surface area contributed by atoms with E-state index >= 15 is 0 Å². The average molecular weight is 302 g/mol. The molecule has 21 heavy (non-hydrogen) atoms. The minimum absolute atomic E-state index is 0.0964. The van der Waals surface area contributed by atoms with Crippen molar-refractivity contribution in [3.8, 4) is 5.75 Å². The van der Waals surface area contributed by atoms with E-state index in [2.05, 4.69) is 9.64 Å². The van der Waals surface area contributed by atoms with Crippen LogP contribution in [0.5, 0.6) is 5.75 Å². The van der Waals surface area contributed by atoms with Crippen molar-refractivity contribution in [3.05, 3.63) is 29.8 Å². The van der Waals surface area contributed by atoms with E-state index < -0.39 is 6.36 Å². The van der Waals surface area contributed by atoms with Gasteiger partial charge in [-0.1, -0.05) is 12.1 Å². The lowest BCUT2D eigenvalue weighted by Gasteiger charge is -2.33. The Morgan fingerprint density at radius 3 is 2.29 bits per heavy atom. The zero-order valence-electron chi connectivity index (χ0n) is 12.2. The molecule has 0 saturated heterocycles. The van der Waals surface area contributed by atoms with Crippen LogP contribution in [-0.2, 0) is 0 Å². The number of benzene rings is 1. The molecule has 1 aliphatic carbocycles. The maximum atomic E-state index is 12.1. The number of nitrogens with two attached hydrogens (primary N) is 1. The van der Waals surface area contributed by atoms with Crippen molar-refractivity contribution in [2.45, 2.75) is 38.2 Å². The third kappa shape index (κ3) is 4.35. The molecule has 0 bridgehead atoms. The van der Waals surface area contributed by atoms with Crippen molar-refractivity contribution < 1.29 is 17.9 Å². The Morgan fingerprint density at radius 2 is 1.86 bits per heavy atom. The third-order valence-electron chi connectivity index (χ3n) is 4.14. The Hall–Kier alpha value is -1.27. The predicted octanol–water partition coefficient (Wildman–Crippen LogP) is 3.32. The van der Waals surface area contributed by atoms with Crippen LogP contribution in [0.2, 0.25) is 0 Å². The molecular weight excluding hydrogens is 281 g/mol. The summed E-state index contributed by atoms with van der Waals surface area (Å²) in [6, 6.07) is 6.46. The second kappa shape index (κ2) is 6.23. The molecular formula is C15H21F3N2O. The highest BCUT2D eigenvalue weighted by atomic mass is 19.4. The minimum Gasteiger partial charge on any atom is -0.406 e. The highest BCUT2D eigenvalue weighted by molar-refractivity contribution is 5.29. The minimum atomic E-state index is -4.65. The molecule has 3 nitrogen and oxygen atoms in total. The zero-order valence-corrected chi connectivity index (χ0v) is 12.2. The summed E-state index contributed by atoms with van der Waals surface area (Å²) in [4.78, 5) is 2.21. The van der Waals surface area contributed by atoms with E-state index in [1.165, 1.54) is 25.0 Å². The maximum absolute atomic E-state index is 12.1. The second-order valence-electron chi connectivity index (χ2n) is 5.60. The van der Waals surface area contributed by atoms with Gasteiger partial charge in [0.15, 0.2) is 0 Å². The van der Waals surface area contributed by atoms with Gasteiger partial charge in [-0.25, -0.2) is 0 Å². The molecule has 118 valence electrons. The average Bonchev–Trinajstić information content (AvgIpc) is 3.22. The van der Waals surface area contributed by atoms with E-state index in [0.29, 0.717) is 18.5 Å². The van der Waals surface area contributed by atoms with Crippen LogP contribution in [0.1, 0.15) is 31.4 Å². The normalized spacial score (nSPS) is 18.6. The van der Waals surface area contributed by atoms with Crippen LogP contribution in [-0.4, -0.2) is 30.9 Å². The first kappa shape index (κ1) is 16.1. The van der Waals surface area contributed by atoms with Crippen molar-refractivity contribution in [2.75, 3.05) is 13.6 Å². The van der Waals surface area contributed by atoms with Crippen LogP contribution < -0.4 is 10.5 Å². The second-order valence-corrected chi connectivity index (χ2v) is 5.60. The summed E-state index contributed by atoms with van der Waals surface area (Å²) in [6.45, 7) is 2.63. The van der Waals surface area contributed by atoms with Crippen molar-refractivity contribution in [1.29, 1.82) is 0 Å². The summed E-state index contributed by atoms with van der Waals surface area (Å²) in [7, 11) is 2.01. The van der Waals surface area contributed by atoms with Crippen LogP contribution in [0.3, 0.4) is 0 Å². The number of nitrogens with zero attached hydrogens (tertiary/aromatic N) is 1. The van der Waals surface area contributed by atoms with E-state index in [0.717, 1.165) is 5.56 Å². The number of alkyl halides is 3. The van der Waals surface area contributed by atoms with Crippen LogP contribution in [0.25, 0.3) is 0 Å². The first-order valence-electron chi connectivity index (χ1n) is 7.09. The molecule has 1 saturated carbocycles. The lowest BCUT2D eigenvalue weighted by atomic mass is 10.0. The predicted molar refractivity (Wildman–Crippen MR) is 74.9 cm³/mol. The monoisotopic (exact) mass is 302 g/mol. The molecule has 0 heterocycles. The Morgan fingerprint density at radius 1 is 1.29 bits per heavy atom. The molecule has 1 aromatic carbocycles. The summed E-state index contributed by atoms with van der Waals surface area (Å²) < 4.78 is 40.3. The molecule has 1 aliphatic rings. The Labute approximate surface area is 122 Å². The molecule has 6 heteroatoms. The van der Waals surface area contributed by atoms with Gasteiger partial charge in [0.25, 0.3) is 0 Å². The van der Waals surface area contributed by atoms with Crippen molar-refractivity contribution >= 4 is 0 Å². The number of halogens is 3. The number of likely N-dealkylation sites (N-methyl/N-ethyl adjacent to an activating group) is 1.